The molecule has 0 unspecified atom stereocenters. The lowest BCUT2D eigenvalue weighted by molar-refractivity contribution is 0.0311. The molecule has 1 aromatic carbocycles. The second-order valence-corrected chi connectivity index (χ2v) is 8.27. The zero-order chi connectivity index (χ0) is 21.3. The molecule has 0 aromatic heterocycles. The summed E-state index contributed by atoms with van der Waals surface area (Å²) in [5, 5.41) is 4.04. The van der Waals surface area contributed by atoms with Gasteiger partial charge in [-0.2, -0.15) is 0 Å². The Kier molecular flexibility index (Phi) is 8.87. The quantitative estimate of drug-likeness (QED) is 0.518. The van der Waals surface area contributed by atoms with Gasteiger partial charge in [-0.3, -0.25) is 4.90 Å². The first-order valence-electron chi connectivity index (χ1n) is 10.9. The van der Waals surface area contributed by atoms with Gasteiger partial charge in [0, 0.05) is 51.0 Å². The molecule has 0 bridgehead atoms. The molecule has 2 saturated heterocycles. The molecule has 1 aromatic rings. The van der Waals surface area contributed by atoms with Crippen molar-refractivity contribution >= 4 is 29.0 Å². The van der Waals surface area contributed by atoms with Gasteiger partial charge in [-0.15, -0.1) is 0 Å². The predicted octanol–water partition coefficient (Wildman–Crippen LogP) is 2.29. The third-order valence-electron chi connectivity index (χ3n) is 5.89. The molecular formula is C22H34N4O3S. The number of piperidine rings is 1. The molecule has 0 saturated carbocycles. The van der Waals surface area contributed by atoms with Crippen LogP contribution in [-0.4, -0.2) is 98.0 Å². The van der Waals surface area contributed by atoms with Crippen molar-refractivity contribution in [3.8, 4) is 0 Å². The number of likely N-dealkylation sites (N-methyl/N-ethyl adjacent to an activating group) is 1. The minimum Gasteiger partial charge on any atom is -0.462 e. The monoisotopic (exact) mass is 434 g/mol. The number of morpholine rings is 1. The summed E-state index contributed by atoms with van der Waals surface area (Å²) in [5.74, 6) is -0.300. The minimum absolute atomic E-state index is 0.300. The second-order valence-electron chi connectivity index (χ2n) is 7.88. The molecule has 8 heteroatoms. The molecule has 7 nitrogen and oxygen atoms in total. The van der Waals surface area contributed by atoms with Crippen molar-refractivity contribution in [3.63, 3.8) is 0 Å². The largest absolute Gasteiger partial charge is 0.462 e. The number of hydrogen-bond donors (Lipinski definition) is 1. The number of esters is 1. The van der Waals surface area contributed by atoms with Crippen molar-refractivity contribution < 1.29 is 14.3 Å². The number of nitrogens with zero attached hydrogens (tertiary/aromatic N) is 3. The third-order valence-corrected chi connectivity index (χ3v) is 6.26. The van der Waals surface area contributed by atoms with Crippen LogP contribution in [-0.2, 0) is 9.47 Å². The molecule has 0 aliphatic carbocycles. The average molecular weight is 435 g/mol. The van der Waals surface area contributed by atoms with Gasteiger partial charge in [0.1, 0.15) is 0 Å². The lowest BCUT2D eigenvalue weighted by Crippen LogP contribution is -2.48. The fourth-order valence-corrected chi connectivity index (χ4v) is 4.22. The number of benzene rings is 1. The zero-order valence-corrected chi connectivity index (χ0v) is 19.0. The number of carbonyl (C=O) groups is 1. The van der Waals surface area contributed by atoms with E-state index in [4.69, 9.17) is 21.7 Å². The number of thiocarbonyl (C=S) groups is 1. The molecule has 2 aliphatic rings. The Bertz CT molecular complexity index is 686. The Morgan fingerprint density at radius 3 is 2.50 bits per heavy atom. The van der Waals surface area contributed by atoms with Gasteiger partial charge in [0.15, 0.2) is 5.11 Å². The standard InChI is InChI=1S/C22H34N4O3S/c1-3-29-21(27)18-4-6-19(7-5-18)23-22(30)26-10-8-20(9-11-26)24(2)12-13-25-14-16-28-17-15-25/h4-7,20H,3,8-17H2,1-2H3,(H,23,30). The van der Waals surface area contributed by atoms with Crippen molar-refractivity contribution in [2.45, 2.75) is 25.8 Å². The third kappa shape index (κ3) is 6.63. The van der Waals surface area contributed by atoms with Gasteiger partial charge >= 0.3 is 5.97 Å². The Morgan fingerprint density at radius 1 is 1.20 bits per heavy atom. The molecular weight excluding hydrogens is 400 g/mol. The number of nitrogens with one attached hydrogen (secondary N) is 1. The lowest BCUT2D eigenvalue weighted by Gasteiger charge is -2.38. The van der Waals surface area contributed by atoms with E-state index in [1.807, 2.05) is 12.1 Å². The maximum absolute atomic E-state index is 11.8. The van der Waals surface area contributed by atoms with Crippen LogP contribution in [0.5, 0.6) is 0 Å². The SMILES string of the molecule is CCOC(=O)c1ccc(NC(=S)N2CCC(N(C)CCN3CCOCC3)CC2)cc1. The molecule has 0 radical (unpaired) electrons. The molecule has 3 rings (SSSR count). The fraction of sp³-hybridized carbons (Fsp3) is 0.636. The van der Waals surface area contributed by atoms with E-state index in [0.717, 1.165) is 76.1 Å². The molecule has 1 N–H and O–H groups in total. The van der Waals surface area contributed by atoms with E-state index in [9.17, 15) is 4.79 Å². The van der Waals surface area contributed by atoms with Crippen LogP contribution in [0.15, 0.2) is 24.3 Å². The molecule has 2 fully saturated rings. The van der Waals surface area contributed by atoms with Crippen molar-refractivity contribution in [1.82, 2.24) is 14.7 Å². The molecule has 2 aliphatic heterocycles. The summed E-state index contributed by atoms with van der Waals surface area (Å²) in [7, 11) is 2.24. The number of likely N-dealkylation sites (tertiary alicyclic amines) is 1. The van der Waals surface area contributed by atoms with Gasteiger partial charge < -0.3 is 24.6 Å². The number of ether oxygens (including phenoxy) is 2. The van der Waals surface area contributed by atoms with E-state index in [0.29, 0.717) is 18.2 Å². The summed E-state index contributed by atoms with van der Waals surface area (Å²) in [4.78, 5) is 19.0. The van der Waals surface area contributed by atoms with Crippen molar-refractivity contribution in [2.75, 3.05) is 71.5 Å². The van der Waals surface area contributed by atoms with Crippen LogP contribution in [0.3, 0.4) is 0 Å². The van der Waals surface area contributed by atoms with Crippen molar-refractivity contribution in [1.29, 1.82) is 0 Å². The summed E-state index contributed by atoms with van der Waals surface area (Å²) in [6.45, 7) is 10.1. The molecule has 0 spiro atoms. The van der Waals surface area contributed by atoms with Gasteiger partial charge in [-0.1, -0.05) is 0 Å². The highest BCUT2D eigenvalue weighted by atomic mass is 32.1. The molecule has 166 valence electrons. The maximum Gasteiger partial charge on any atom is 0.338 e. The topological polar surface area (TPSA) is 57.3 Å². The first-order valence-corrected chi connectivity index (χ1v) is 11.3. The van der Waals surface area contributed by atoms with Crippen LogP contribution in [0.2, 0.25) is 0 Å². The Labute approximate surface area is 185 Å². The highest BCUT2D eigenvalue weighted by molar-refractivity contribution is 7.80. The number of carbonyl (C=O) groups excluding carboxylic acids is 1. The molecule has 0 atom stereocenters. The van der Waals surface area contributed by atoms with Gasteiger partial charge in [0.25, 0.3) is 0 Å². The van der Waals surface area contributed by atoms with Gasteiger partial charge in [-0.25, -0.2) is 4.79 Å². The fourth-order valence-electron chi connectivity index (χ4n) is 3.92. The maximum atomic E-state index is 11.8. The highest BCUT2D eigenvalue weighted by Crippen LogP contribution is 2.18. The summed E-state index contributed by atoms with van der Waals surface area (Å²) in [6.07, 6.45) is 2.23. The molecule has 30 heavy (non-hydrogen) atoms. The predicted molar refractivity (Wildman–Crippen MR) is 123 cm³/mol. The van der Waals surface area contributed by atoms with Crippen molar-refractivity contribution in [3.05, 3.63) is 29.8 Å². The zero-order valence-electron chi connectivity index (χ0n) is 18.1. The highest BCUT2D eigenvalue weighted by Gasteiger charge is 2.24. The first-order chi connectivity index (χ1) is 14.6. The first kappa shape index (κ1) is 22.9. The van der Waals surface area contributed by atoms with Crippen LogP contribution in [0, 0.1) is 0 Å². The average Bonchev–Trinajstić information content (AvgIpc) is 2.79. The summed E-state index contributed by atoms with van der Waals surface area (Å²) >= 11 is 5.61. The van der Waals surface area contributed by atoms with E-state index >= 15 is 0 Å². The van der Waals surface area contributed by atoms with Crippen molar-refractivity contribution in [2.24, 2.45) is 0 Å². The van der Waals surface area contributed by atoms with Crippen LogP contribution in [0.1, 0.15) is 30.1 Å². The summed E-state index contributed by atoms with van der Waals surface area (Å²) < 4.78 is 10.4. The van der Waals surface area contributed by atoms with E-state index in [-0.39, 0.29) is 5.97 Å². The van der Waals surface area contributed by atoms with E-state index in [2.05, 4.69) is 27.1 Å². The Morgan fingerprint density at radius 2 is 1.87 bits per heavy atom. The molecule has 0 amide bonds. The van der Waals surface area contributed by atoms with Crippen LogP contribution < -0.4 is 5.32 Å². The van der Waals surface area contributed by atoms with Crippen LogP contribution in [0.25, 0.3) is 0 Å². The summed E-state index contributed by atoms with van der Waals surface area (Å²) in [5.41, 5.74) is 1.44. The normalized spacial score (nSPS) is 18.4. The smallest absolute Gasteiger partial charge is 0.338 e. The van der Waals surface area contributed by atoms with E-state index in [1.165, 1.54) is 0 Å². The number of rotatable bonds is 7. The second kappa shape index (κ2) is 11.6. The number of anilines is 1. The number of hydrogen-bond acceptors (Lipinski definition) is 6. The van der Waals surface area contributed by atoms with Gasteiger partial charge in [0.2, 0.25) is 0 Å². The molecule has 2 heterocycles. The Hall–Kier alpha value is -1.74. The Balaban J connectivity index is 1.39. The van der Waals surface area contributed by atoms with Crippen LogP contribution in [0.4, 0.5) is 5.69 Å². The van der Waals surface area contributed by atoms with Gasteiger partial charge in [0.05, 0.1) is 25.4 Å². The van der Waals surface area contributed by atoms with Gasteiger partial charge in [-0.05, 0) is 63.3 Å². The lowest BCUT2D eigenvalue weighted by atomic mass is 10.0. The minimum atomic E-state index is -0.300. The van der Waals surface area contributed by atoms with E-state index in [1.54, 1.807) is 19.1 Å². The van der Waals surface area contributed by atoms with E-state index < -0.39 is 0 Å². The van der Waals surface area contributed by atoms with Crippen LogP contribution >= 0.6 is 12.2 Å². The summed E-state index contributed by atoms with van der Waals surface area (Å²) in [6, 6.07) is 7.86.